The second-order valence-electron chi connectivity index (χ2n) is 3.68. The van der Waals surface area contributed by atoms with Crippen molar-refractivity contribution in [3.8, 4) is 0 Å². The molecular formula is C10H18ClN3O. The summed E-state index contributed by atoms with van der Waals surface area (Å²) in [6.45, 7) is 7.52. The summed E-state index contributed by atoms with van der Waals surface area (Å²) < 4.78 is 7.54. The minimum absolute atomic E-state index is 0.205. The van der Waals surface area contributed by atoms with Crippen molar-refractivity contribution in [3.05, 3.63) is 11.6 Å². The summed E-state index contributed by atoms with van der Waals surface area (Å²) in [5.74, 6) is 2.08. The van der Waals surface area contributed by atoms with Crippen LogP contribution in [0.4, 0.5) is 0 Å². The van der Waals surface area contributed by atoms with Gasteiger partial charge >= 0.3 is 0 Å². The van der Waals surface area contributed by atoms with E-state index >= 15 is 0 Å². The molecule has 0 aliphatic heterocycles. The average Bonchev–Trinajstić information content (AvgIpc) is 2.58. The third kappa shape index (κ3) is 3.47. The molecule has 0 fully saturated rings. The minimum atomic E-state index is 0.205. The molecule has 0 saturated heterocycles. The van der Waals surface area contributed by atoms with E-state index in [0.29, 0.717) is 12.5 Å². The summed E-state index contributed by atoms with van der Waals surface area (Å²) in [6, 6.07) is 0. The lowest BCUT2D eigenvalue weighted by atomic mass is 10.4. The molecule has 0 radical (unpaired) electrons. The van der Waals surface area contributed by atoms with Gasteiger partial charge in [-0.15, -0.1) is 21.8 Å². The summed E-state index contributed by atoms with van der Waals surface area (Å²) >= 11 is 5.78. The molecule has 0 atom stereocenters. The van der Waals surface area contributed by atoms with E-state index < -0.39 is 0 Å². The lowest BCUT2D eigenvalue weighted by Gasteiger charge is -2.09. The third-order valence-electron chi connectivity index (χ3n) is 2.02. The van der Waals surface area contributed by atoms with E-state index in [1.807, 2.05) is 18.4 Å². The second-order valence-corrected chi connectivity index (χ2v) is 3.94. The van der Waals surface area contributed by atoms with E-state index in [2.05, 4.69) is 17.1 Å². The van der Waals surface area contributed by atoms with Crippen LogP contribution in [0.15, 0.2) is 0 Å². The molecule has 1 rings (SSSR count). The molecule has 4 nitrogen and oxygen atoms in total. The summed E-state index contributed by atoms with van der Waals surface area (Å²) in [5.41, 5.74) is 0. The molecule has 1 heterocycles. The van der Waals surface area contributed by atoms with E-state index in [1.54, 1.807) is 0 Å². The van der Waals surface area contributed by atoms with Crippen molar-refractivity contribution in [2.45, 2.75) is 52.3 Å². The highest BCUT2D eigenvalue weighted by atomic mass is 35.5. The van der Waals surface area contributed by atoms with Gasteiger partial charge in [0.05, 0.1) is 12.0 Å². The predicted molar refractivity (Wildman–Crippen MR) is 59.8 cm³/mol. The lowest BCUT2D eigenvalue weighted by Crippen LogP contribution is -2.10. The van der Waals surface area contributed by atoms with Gasteiger partial charge in [-0.25, -0.2) is 0 Å². The Kier molecular flexibility index (Phi) is 5.05. The lowest BCUT2D eigenvalue weighted by molar-refractivity contribution is 0.0591. The van der Waals surface area contributed by atoms with Gasteiger partial charge in [0.1, 0.15) is 12.4 Å². The molecule has 0 bridgehead atoms. The topological polar surface area (TPSA) is 39.9 Å². The maximum atomic E-state index is 5.78. The molecule has 0 unspecified atom stereocenters. The van der Waals surface area contributed by atoms with E-state index in [-0.39, 0.29) is 6.10 Å². The van der Waals surface area contributed by atoms with Crippen LogP contribution < -0.4 is 0 Å². The van der Waals surface area contributed by atoms with Gasteiger partial charge in [0.25, 0.3) is 0 Å². The van der Waals surface area contributed by atoms with Crippen LogP contribution in [-0.2, 0) is 23.8 Å². The number of ether oxygens (including phenoxy) is 1. The smallest absolute Gasteiger partial charge is 0.159 e. The Hall–Kier alpha value is -0.610. The molecule has 0 amide bonds. The van der Waals surface area contributed by atoms with Crippen molar-refractivity contribution in [1.29, 1.82) is 0 Å². The van der Waals surface area contributed by atoms with Crippen molar-refractivity contribution < 1.29 is 4.74 Å². The number of rotatable bonds is 6. The fourth-order valence-corrected chi connectivity index (χ4v) is 1.50. The number of aromatic nitrogens is 3. The largest absolute Gasteiger partial charge is 0.371 e. The van der Waals surface area contributed by atoms with Crippen LogP contribution in [-0.4, -0.2) is 20.9 Å². The monoisotopic (exact) mass is 231 g/mol. The fraction of sp³-hybridized carbons (Fsp3) is 0.800. The van der Waals surface area contributed by atoms with Gasteiger partial charge in [-0.1, -0.05) is 6.92 Å². The van der Waals surface area contributed by atoms with Gasteiger partial charge in [-0.05, 0) is 20.3 Å². The first kappa shape index (κ1) is 12.5. The van der Waals surface area contributed by atoms with Crippen molar-refractivity contribution in [2.75, 3.05) is 0 Å². The van der Waals surface area contributed by atoms with E-state index in [0.717, 1.165) is 24.6 Å². The van der Waals surface area contributed by atoms with E-state index in [9.17, 15) is 0 Å². The van der Waals surface area contributed by atoms with E-state index in [4.69, 9.17) is 16.3 Å². The van der Waals surface area contributed by atoms with Crippen molar-refractivity contribution in [2.24, 2.45) is 0 Å². The number of hydrogen-bond donors (Lipinski definition) is 0. The van der Waals surface area contributed by atoms with Crippen LogP contribution >= 0.6 is 11.6 Å². The maximum absolute atomic E-state index is 5.78. The summed E-state index contributed by atoms with van der Waals surface area (Å²) in [7, 11) is 0. The predicted octanol–water partition coefficient (Wildman–Crippen LogP) is 2.35. The number of nitrogens with zero attached hydrogens (tertiary/aromatic N) is 3. The average molecular weight is 232 g/mol. The second kappa shape index (κ2) is 6.08. The van der Waals surface area contributed by atoms with Crippen molar-refractivity contribution >= 4 is 11.6 Å². The zero-order valence-corrected chi connectivity index (χ0v) is 10.3. The molecule has 0 saturated carbocycles. The first-order chi connectivity index (χ1) is 7.19. The Labute approximate surface area is 95.6 Å². The normalized spacial score (nSPS) is 11.3. The van der Waals surface area contributed by atoms with Gasteiger partial charge < -0.3 is 9.30 Å². The molecule has 15 heavy (non-hydrogen) atoms. The number of hydrogen-bond acceptors (Lipinski definition) is 3. The van der Waals surface area contributed by atoms with Crippen LogP contribution in [0.5, 0.6) is 0 Å². The SMILES string of the molecule is CCCn1c(CCl)nnc1COC(C)C. The summed E-state index contributed by atoms with van der Waals surface area (Å²) in [6.07, 6.45) is 1.24. The molecule has 5 heteroatoms. The minimum Gasteiger partial charge on any atom is -0.371 e. The standard InChI is InChI=1S/C10H18ClN3O/c1-4-5-14-9(6-11)12-13-10(14)7-15-8(2)3/h8H,4-7H2,1-3H3. The molecule has 1 aromatic rings. The molecule has 0 N–H and O–H groups in total. The molecule has 0 aliphatic carbocycles. The Balaban J connectivity index is 2.72. The maximum Gasteiger partial charge on any atom is 0.159 e. The first-order valence-electron chi connectivity index (χ1n) is 5.27. The fourth-order valence-electron chi connectivity index (χ4n) is 1.30. The van der Waals surface area contributed by atoms with Gasteiger partial charge in [-0.3, -0.25) is 0 Å². The molecule has 0 aliphatic rings. The molecular weight excluding hydrogens is 214 g/mol. The summed E-state index contributed by atoms with van der Waals surface area (Å²) in [5, 5.41) is 8.11. The van der Waals surface area contributed by atoms with Gasteiger partial charge in [-0.2, -0.15) is 0 Å². The highest BCUT2D eigenvalue weighted by molar-refractivity contribution is 6.16. The first-order valence-corrected chi connectivity index (χ1v) is 5.81. The van der Waals surface area contributed by atoms with Crippen LogP contribution in [0.2, 0.25) is 0 Å². The Bertz CT molecular complexity index is 299. The zero-order chi connectivity index (χ0) is 11.3. The quantitative estimate of drug-likeness (QED) is 0.706. The van der Waals surface area contributed by atoms with Crippen LogP contribution in [0, 0.1) is 0 Å². The molecule has 0 aromatic carbocycles. The van der Waals surface area contributed by atoms with Crippen LogP contribution in [0.3, 0.4) is 0 Å². The third-order valence-corrected chi connectivity index (χ3v) is 2.26. The number of alkyl halides is 1. The summed E-state index contributed by atoms with van der Waals surface area (Å²) in [4.78, 5) is 0. The molecule has 1 aromatic heterocycles. The Morgan fingerprint density at radius 1 is 1.33 bits per heavy atom. The molecule has 0 spiro atoms. The van der Waals surface area contributed by atoms with Gasteiger partial charge in [0.2, 0.25) is 0 Å². The van der Waals surface area contributed by atoms with Gasteiger partial charge in [0, 0.05) is 6.54 Å². The zero-order valence-electron chi connectivity index (χ0n) is 9.53. The Morgan fingerprint density at radius 3 is 2.53 bits per heavy atom. The van der Waals surface area contributed by atoms with Crippen LogP contribution in [0.25, 0.3) is 0 Å². The van der Waals surface area contributed by atoms with Crippen molar-refractivity contribution in [1.82, 2.24) is 14.8 Å². The Morgan fingerprint density at radius 2 is 2.00 bits per heavy atom. The highest BCUT2D eigenvalue weighted by Gasteiger charge is 2.10. The van der Waals surface area contributed by atoms with E-state index in [1.165, 1.54) is 0 Å². The molecule has 86 valence electrons. The highest BCUT2D eigenvalue weighted by Crippen LogP contribution is 2.08. The van der Waals surface area contributed by atoms with Crippen molar-refractivity contribution in [3.63, 3.8) is 0 Å². The van der Waals surface area contributed by atoms with Gasteiger partial charge in [0.15, 0.2) is 5.82 Å². The van der Waals surface area contributed by atoms with Crippen LogP contribution in [0.1, 0.15) is 38.8 Å². The number of halogens is 1.